The summed E-state index contributed by atoms with van der Waals surface area (Å²) >= 11 is 3.76. The number of rotatable bonds is 10. The van der Waals surface area contributed by atoms with Gasteiger partial charge in [0.25, 0.3) is 0 Å². The van der Waals surface area contributed by atoms with Gasteiger partial charge in [-0.25, -0.2) is 0 Å². The Morgan fingerprint density at radius 3 is 2.30 bits per heavy atom. The van der Waals surface area contributed by atoms with Crippen LogP contribution in [0.1, 0.15) is 81.6 Å². The molecule has 2 aromatic carbocycles. The van der Waals surface area contributed by atoms with Crippen molar-refractivity contribution in [1.82, 2.24) is 0 Å². The molecule has 0 aliphatic heterocycles. The zero-order valence-corrected chi connectivity index (χ0v) is 20.1. The lowest BCUT2D eigenvalue weighted by atomic mass is 9.99. The Labute approximate surface area is 188 Å². The number of carbonyl (C=O) groups excluding carboxylic acids is 1. The average molecular weight is 437 g/mol. The van der Waals surface area contributed by atoms with E-state index in [4.69, 9.17) is 0 Å². The van der Waals surface area contributed by atoms with Crippen LogP contribution < -0.4 is 0 Å². The van der Waals surface area contributed by atoms with E-state index in [1.165, 1.54) is 60.8 Å². The van der Waals surface area contributed by atoms with E-state index in [1.54, 1.807) is 0 Å². The van der Waals surface area contributed by atoms with E-state index >= 15 is 0 Å². The third-order valence-electron chi connectivity index (χ3n) is 6.34. The van der Waals surface area contributed by atoms with Gasteiger partial charge in [0.05, 0.1) is 9.40 Å². The van der Waals surface area contributed by atoms with E-state index in [2.05, 4.69) is 51.1 Å². The van der Waals surface area contributed by atoms with E-state index in [1.807, 2.05) is 28.7 Å². The number of ketones is 1. The first-order valence-electron chi connectivity index (χ1n) is 11.5. The predicted molar refractivity (Wildman–Crippen MR) is 136 cm³/mol. The SMILES string of the molecule is CCCCCC(=O)c1ccc2c(c1)sc1c3ccc(CCC[C@@H](C)CC)cc3sc21. The van der Waals surface area contributed by atoms with Crippen LogP contribution in [0, 0.1) is 5.92 Å². The van der Waals surface area contributed by atoms with Crippen molar-refractivity contribution in [3.8, 4) is 0 Å². The van der Waals surface area contributed by atoms with Crippen molar-refractivity contribution in [1.29, 1.82) is 0 Å². The van der Waals surface area contributed by atoms with E-state index in [-0.39, 0.29) is 5.78 Å². The number of hydrogen-bond donors (Lipinski definition) is 0. The summed E-state index contributed by atoms with van der Waals surface area (Å²) in [6.45, 7) is 6.81. The van der Waals surface area contributed by atoms with Crippen molar-refractivity contribution in [2.45, 2.75) is 72.1 Å². The molecule has 0 N–H and O–H groups in total. The smallest absolute Gasteiger partial charge is 0.162 e. The van der Waals surface area contributed by atoms with Gasteiger partial charge >= 0.3 is 0 Å². The van der Waals surface area contributed by atoms with Crippen molar-refractivity contribution in [2.75, 3.05) is 0 Å². The summed E-state index contributed by atoms with van der Waals surface area (Å²) in [5.74, 6) is 1.12. The lowest BCUT2D eigenvalue weighted by molar-refractivity contribution is 0.0979. The van der Waals surface area contributed by atoms with Crippen LogP contribution in [-0.4, -0.2) is 5.78 Å². The lowest BCUT2D eigenvalue weighted by Crippen LogP contribution is -1.98. The normalized spacial score (nSPS) is 12.9. The zero-order chi connectivity index (χ0) is 21.1. The summed E-state index contributed by atoms with van der Waals surface area (Å²) in [7, 11) is 0. The highest BCUT2D eigenvalue weighted by Crippen LogP contribution is 2.44. The summed E-state index contributed by atoms with van der Waals surface area (Å²) < 4.78 is 5.41. The molecule has 4 aromatic rings. The predicted octanol–water partition coefficient (Wildman–Crippen LogP) is 9.40. The molecule has 0 aliphatic carbocycles. The second kappa shape index (κ2) is 9.62. The molecule has 0 spiro atoms. The van der Waals surface area contributed by atoms with Crippen LogP contribution in [0.5, 0.6) is 0 Å². The van der Waals surface area contributed by atoms with Crippen LogP contribution >= 0.6 is 22.7 Å². The maximum atomic E-state index is 12.5. The fourth-order valence-electron chi connectivity index (χ4n) is 4.17. The summed E-state index contributed by atoms with van der Waals surface area (Å²) in [4.78, 5) is 12.5. The van der Waals surface area contributed by atoms with Crippen molar-refractivity contribution in [2.24, 2.45) is 5.92 Å². The van der Waals surface area contributed by atoms with Crippen molar-refractivity contribution >= 4 is 58.0 Å². The molecule has 30 heavy (non-hydrogen) atoms. The number of Topliss-reactive ketones (excluding diaryl/α,β-unsaturated/α-hetero) is 1. The van der Waals surface area contributed by atoms with Gasteiger partial charge in [0, 0.05) is 32.2 Å². The number of hydrogen-bond acceptors (Lipinski definition) is 3. The maximum Gasteiger partial charge on any atom is 0.162 e. The summed E-state index contributed by atoms with van der Waals surface area (Å²) in [5.41, 5.74) is 2.34. The summed E-state index contributed by atoms with van der Waals surface area (Å²) in [6.07, 6.45) is 9.00. The van der Waals surface area contributed by atoms with Gasteiger partial charge in [-0.15, -0.1) is 22.7 Å². The van der Waals surface area contributed by atoms with Crippen LogP contribution in [-0.2, 0) is 6.42 Å². The first-order chi connectivity index (χ1) is 14.6. The number of aryl methyl sites for hydroxylation is 1. The number of carbonyl (C=O) groups is 1. The molecule has 0 amide bonds. The fraction of sp³-hybridized carbons (Fsp3) is 0.444. The minimum atomic E-state index is 0.286. The Balaban J connectivity index is 1.58. The van der Waals surface area contributed by atoms with Gasteiger partial charge in [0.15, 0.2) is 5.78 Å². The van der Waals surface area contributed by atoms with Gasteiger partial charge in [-0.1, -0.05) is 70.7 Å². The molecule has 0 fully saturated rings. The van der Waals surface area contributed by atoms with Crippen LogP contribution in [0.4, 0.5) is 0 Å². The average Bonchev–Trinajstić information content (AvgIpc) is 3.28. The highest BCUT2D eigenvalue weighted by atomic mass is 32.1. The molecule has 4 rings (SSSR count). The van der Waals surface area contributed by atoms with Gasteiger partial charge in [0.2, 0.25) is 0 Å². The van der Waals surface area contributed by atoms with Gasteiger partial charge in [-0.05, 0) is 42.9 Å². The molecule has 0 radical (unpaired) electrons. The minimum Gasteiger partial charge on any atom is -0.294 e. The molecule has 2 aromatic heterocycles. The molecule has 0 bridgehead atoms. The minimum absolute atomic E-state index is 0.286. The molecule has 3 heteroatoms. The second-order valence-corrected chi connectivity index (χ2v) is 10.8. The topological polar surface area (TPSA) is 17.1 Å². The van der Waals surface area contributed by atoms with Crippen molar-refractivity contribution in [3.63, 3.8) is 0 Å². The molecule has 0 saturated heterocycles. The summed E-state index contributed by atoms with van der Waals surface area (Å²) in [6, 6.07) is 13.4. The molecule has 0 unspecified atom stereocenters. The first kappa shape index (κ1) is 21.5. The first-order valence-corrected chi connectivity index (χ1v) is 13.1. The number of fused-ring (bicyclic) bond motifs is 5. The molecule has 158 valence electrons. The van der Waals surface area contributed by atoms with Crippen molar-refractivity contribution in [3.05, 3.63) is 47.5 Å². The zero-order valence-electron chi connectivity index (χ0n) is 18.4. The maximum absolute atomic E-state index is 12.5. The van der Waals surface area contributed by atoms with Crippen LogP contribution in [0.2, 0.25) is 0 Å². The Bertz CT molecular complexity index is 1160. The van der Waals surface area contributed by atoms with Gasteiger partial charge in [-0.3, -0.25) is 4.79 Å². The van der Waals surface area contributed by atoms with Crippen LogP contribution in [0.25, 0.3) is 29.6 Å². The molecular formula is C27H32OS2. The quantitative estimate of drug-likeness (QED) is 0.179. The van der Waals surface area contributed by atoms with Crippen LogP contribution in [0.3, 0.4) is 0 Å². The van der Waals surface area contributed by atoms with Gasteiger partial charge < -0.3 is 0 Å². The molecule has 0 aliphatic rings. The fourth-order valence-corrected chi connectivity index (χ4v) is 6.92. The second-order valence-electron chi connectivity index (χ2n) is 8.69. The van der Waals surface area contributed by atoms with Gasteiger partial charge in [-0.2, -0.15) is 0 Å². The van der Waals surface area contributed by atoms with E-state index in [0.29, 0.717) is 6.42 Å². The summed E-state index contributed by atoms with van der Waals surface area (Å²) in [5, 5.41) is 2.68. The monoisotopic (exact) mass is 436 g/mol. The number of benzene rings is 2. The van der Waals surface area contributed by atoms with Gasteiger partial charge in [0.1, 0.15) is 0 Å². The number of thiophene rings is 2. The highest BCUT2D eigenvalue weighted by molar-refractivity contribution is 7.36. The highest BCUT2D eigenvalue weighted by Gasteiger charge is 2.14. The standard InChI is InChI=1S/C27H32OS2/c1-4-6-7-11-23(28)20-13-15-22-25(17-20)30-26-21-14-12-19(10-8-9-18(3)5-2)16-24(21)29-27(22)26/h12-18H,4-11H2,1-3H3/t18-/m0/s1. The van der Waals surface area contributed by atoms with E-state index in [9.17, 15) is 4.79 Å². The third-order valence-corrected chi connectivity index (χ3v) is 8.84. The van der Waals surface area contributed by atoms with E-state index in [0.717, 1.165) is 30.7 Å². The molecule has 1 nitrogen and oxygen atoms in total. The molecular weight excluding hydrogens is 404 g/mol. The Hall–Kier alpha value is -1.71. The molecule has 2 heterocycles. The Morgan fingerprint density at radius 2 is 1.60 bits per heavy atom. The molecule has 0 saturated carbocycles. The lowest BCUT2D eigenvalue weighted by Gasteiger charge is -2.07. The van der Waals surface area contributed by atoms with Crippen molar-refractivity contribution < 1.29 is 4.79 Å². The third kappa shape index (κ3) is 4.48. The largest absolute Gasteiger partial charge is 0.294 e. The molecule has 1 atom stereocenters. The number of unbranched alkanes of at least 4 members (excludes halogenated alkanes) is 2. The Kier molecular flexibility index (Phi) is 6.90. The Morgan fingerprint density at radius 1 is 0.900 bits per heavy atom. The van der Waals surface area contributed by atoms with Crippen LogP contribution in [0.15, 0.2) is 36.4 Å². The van der Waals surface area contributed by atoms with E-state index < -0.39 is 0 Å².